The van der Waals surface area contributed by atoms with E-state index in [0.29, 0.717) is 18.7 Å². The minimum atomic E-state index is 0.173. The number of ether oxygens (including phenoxy) is 1. The van der Waals surface area contributed by atoms with Gasteiger partial charge in [-0.2, -0.15) is 0 Å². The number of carbonyl (C=O) groups excluding carboxylic acids is 1. The Morgan fingerprint density at radius 1 is 1.43 bits per heavy atom. The van der Waals surface area contributed by atoms with Crippen LogP contribution in [-0.2, 0) is 11.3 Å². The summed E-state index contributed by atoms with van der Waals surface area (Å²) in [7, 11) is 1.69. The summed E-state index contributed by atoms with van der Waals surface area (Å²) < 4.78 is 7.13. The number of nitrogens with one attached hydrogen (secondary N) is 1. The first kappa shape index (κ1) is 14.6. The predicted molar refractivity (Wildman–Crippen MR) is 81.4 cm³/mol. The van der Waals surface area contributed by atoms with Crippen molar-refractivity contribution in [1.29, 1.82) is 0 Å². The Morgan fingerprint density at radius 2 is 2.33 bits per heavy atom. The van der Waals surface area contributed by atoms with Crippen molar-refractivity contribution in [3.05, 3.63) is 24.0 Å². The van der Waals surface area contributed by atoms with Crippen LogP contribution in [0.1, 0.15) is 36.2 Å². The molecule has 0 radical (unpaired) electrons. The zero-order valence-corrected chi connectivity index (χ0v) is 12.8. The van der Waals surface area contributed by atoms with Crippen molar-refractivity contribution in [3.63, 3.8) is 0 Å². The number of methoxy groups -OCH3 is 1. The smallest absolute Gasteiger partial charge is 0.270 e. The van der Waals surface area contributed by atoms with Gasteiger partial charge in [-0.15, -0.1) is 0 Å². The van der Waals surface area contributed by atoms with Gasteiger partial charge >= 0.3 is 0 Å². The summed E-state index contributed by atoms with van der Waals surface area (Å²) in [6, 6.07) is 4.72. The zero-order valence-electron chi connectivity index (χ0n) is 12.8. The Hall–Kier alpha value is -1.33. The largest absolute Gasteiger partial charge is 0.383 e. The number of amides is 1. The van der Waals surface area contributed by atoms with Gasteiger partial charge in [0.2, 0.25) is 0 Å². The number of rotatable bonds is 5. The fourth-order valence-electron chi connectivity index (χ4n) is 3.64. The van der Waals surface area contributed by atoms with Crippen LogP contribution in [0.25, 0.3) is 0 Å². The molecule has 2 unspecified atom stereocenters. The fourth-order valence-corrected chi connectivity index (χ4v) is 3.64. The summed E-state index contributed by atoms with van der Waals surface area (Å²) in [5.74, 6) is 0.173. The van der Waals surface area contributed by atoms with E-state index < -0.39 is 0 Å². The van der Waals surface area contributed by atoms with Crippen molar-refractivity contribution in [2.45, 2.75) is 44.3 Å². The van der Waals surface area contributed by atoms with Crippen LogP contribution in [0.15, 0.2) is 18.3 Å². The minimum Gasteiger partial charge on any atom is -0.383 e. The van der Waals surface area contributed by atoms with Crippen molar-refractivity contribution in [2.24, 2.45) is 0 Å². The van der Waals surface area contributed by atoms with Gasteiger partial charge in [0, 0.05) is 38.5 Å². The quantitative estimate of drug-likeness (QED) is 0.894. The second-order valence-corrected chi connectivity index (χ2v) is 5.99. The summed E-state index contributed by atoms with van der Waals surface area (Å²) in [5.41, 5.74) is 0.789. The van der Waals surface area contributed by atoms with Crippen LogP contribution in [0.5, 0.6) is 0 Å². The Kier molecular flexibility index (Phi) is 4.60. The van der Waals surface area contributed by atoms with Crippen molar-refractivity contribution >= 4 is 5.91 Å². The molecule has 2 aliphatic rings. The lowest BCUT2D eigenvalue weighted by molar-refractivity contribution is 0.0698. The SMILES string of the molecule is COCCn1cccc1C(=O)N1CCCC1C1CCCN1. The molecule has 21 heavy (non-hydrogen) atoms. The molecule has 1 amide bonds. The van der Waals surface area contributed by atoms with Crippen molar-refractivity contribution < 1.29 is 9.53 Å². The number of carbonyl (C=O) groups is 1. The van der Waals surface area contributed by atoms with Crippen LogP contribution < -0.4 is 5.32 Å². The number of aromatic nitrogens is 1. The Morgan fingerprint density at radius 3 is 3.10 bits per heavy atom. The first-order valence-corrected chi connectivity index (χ1v) is 7.99. The van der Waals surface area contributed by atoms with Gasteiger partial charge in [-0.25, -0.2) is 0 Å². The van der Waals surface area contributed by atoms with E-state index in [1.165, 1.54) is 12.8 Å². The average molecular weight is 291 g/mol. The molecule has 2 saturated heterocycles. The molecule has 2 atom stereocenters. The van der Waals surface area contributed by atoms with Gasteiger partial charge in [0.15, 0.2) is 0 Å². The zero-order chi connectivity index (χ0) is 14.7. The number of nitrogens with zero attached hydrogens (tertiary/aromatic N) is 2. The molecule has 0 bridgehead atoms. The maximum Gasteiger partial charge on any atom is 0.270 e. The average Bonchev–Trinajstić information content (AvgIpc) is 3.23. The van der Waals surface area contributed by atoms with Gasteiger partial charge in [-0.1, -0.05) is 0 Å². The highest BCUT2D eigenvalue weighted by Gasteiger charge is 2.36. The van der Waals surface area contributed by atoms with Gasteiger partial charge in [0.1, 0.15) is 5.69 Å². The predicted octanol–water partition coefficient (Wildman–Crippen LogP) is 1.49. The van der Waals surface area contributed by atoms with Gasteiger partial charge in [0.05, 0.1) is 6.61 Å². The van der Waals surface area contributed by atoms with Crippen LogP contribution in [0.3, 0.4) is 0 Å². The van der Waals surface area contributed by atoms with Crippen LogP contribution in [0.2, 0.25) is 0 Å². The molecule has 0 saturated carbocycles. The molecule has 5 nitrogen and oxygen atoms in total. The Balaban J connectivity index is 1.73. The van der Waals surface area contributed by atoms with Gasteiger partial charge in [-0.3, -0.25) is 4.79 Å². The third kappa shape index (κ3) is 2.99. The summed E-state index contributed by atoms with van der Waals surface area (Å²) in [6.07, 6.45) is 6.63. The summed E-state index contributed by atoms with van der Waals surface area (Å²) in [6.45, 7) is 3.33. The number of likely N-dealkylation sites (tertiary alicyclic amines) is 1. The first-order valence-electron chi connectivity index (χ1n) is 7.99. The fraction of sp³-hybridized carbons (Fsp3) is 0.688. The molecule has 0 aliphatic carbocycles. The van der Waals surface area contributed by atoms with E-state index in [-0.39, 0.29) is 5.91 Å². The summed E-state index contributed by atoms with van der Waals surface area (Å²) in [4.78, 5) is 15.0. The monoisotopic (exact) mass is 291 g/mol. The molecule has 0 spiro atoms. The molecular weight excluding hydrogens is 266 g/mol. The maximum absolute atomic E-state index is 12.9. The second kappa shape index (κ2) is 6.62. The van der Waals surface area contributed by atoms with Crippen LogP contribution in [0.4, 0.5) is 0 Å². The molecule has 1 aromatic rings. The van der Waals surface area contributed by atoms with E-state index in [2.05, 4.69) is 10.2 Å². The van der Waals surface area contributed by atoms with E-state index in [0.717, 1.165) is 38.2 Å². The number of hydrogen-bond donors (Lipinski definition) is 1. The lowest BCUT2D eigenvalue weighted by Gasteiger charge is -2.30. The molecule has 1 aromatic heterocycles. The minimum absolute atomic E-state index is 0.173. The molecular formula is C16H25N3O2. The lowest BCUT2D eigenvalue weighted by atomic mass is 10.0. The van der Waals surface area contributed by atoms with Gasteiger partial charge < -0.3 is 19.5 Å². The standard InChI is InChI=1S/C16H25N3O2/c1-21-12-11-18-9-3-7-15(18)16(20)19-10-4-6-14(19)13-5-2-8-17-13/h3,7,9,13-14,17H,2,4-6,8,10-12H2,1H3. The normalized spacial score (nSPS) is 25.7. The molecule has 2 aliphatic heterocycles. The molecule has 1 N–H and O–H groups in total. The van der Waals surface area contributed by atoms with Gasteiger partial charge in [-0.05, 0) is 44.4 Å². The highest BCUT2D eigenvalue weighted by Crippen LogP contribution is 2.26. The van der Waals surface area contributed by atoms with Crippen LogP contribution in [-0.4, -0.2) is 54.3 Å². The second-order valence-electron chi connectivity index (χ2n) is 5.99. The van der Waals surface area contributed by atoms with Crippen molar-refractivity contribution in [3.8, 4) is 0 Å². The lowest BCUT2D eigenvalue weighted by Crippen LogP contribution is -2.47. The molecule has 3 rings (SSSR count). The Bertz CT molecular complexity index is 480. The van der Waals surface area contributed by atoms with Crippen LogP contribution in [0, 0.1) is 0 Å². The summed E-state index contributed by atoms with van der Waals surface area (Å²) in [5, 5.41) is 3.56. The first-order chi connectivity index (χ1) is 10.3. The molecule has 0 aromatic carbocycles. The highest BCUT2D eigenvalue weighted by atomic mass is 16.5. The topological polar surface area (TPSA) is 46.5 Å². The molecule has 5 heteroatoms. The van der Waals surface area contributed by atoms with Crippen molar-refractivity contribution in [2.75, 3.05) is 26.8 Å². The van der Waals surface area contributed by atoms with E-state index in [4.69, 9.17) is 4.74 Å². The maximum atomic E-state index is 12.9. The Labute approximate surface area is 126 Å². The van der Waals surface area contributed by atoms with E-state index in [1.54, 1.807) is 7.11 Å². The molecule has 3 heterocycles. The highest BCUT2D eigenvalue weighted by molar-refractivity contribution is 5.93. The third-order valence-corrected chi connectivity index (χ3v) is 4.71. The van der Waals surface area contributed by atoms with E-state index in [1.807, 2.05) is 22.9 Å². The third-order valence-electron chi connectivity index (χ3n) is 4.71. The van der Waals surface area contributed by atoms with Gasteiger partial charge in [0.25, 0.3) is 5.91 Å². The van der Waals surface area contributed by atoms with E-state index in [9.17, 15) is 4.79 Å². The number of hydrogen-bond acceptors (Lipinski definition) is 3. The van der Waals surface area contributed by atoms with E-state index >= 15 is 0 Å². The summed E-state index contributed by atoms with van der Waals surface area (Å²) >= 11 is 0. The van der Waals surface area contributed by atoms with Crippen LogP contribution >= 0.6 is 0 Å². The van der Waals surface area contributed by atoms with Crippen molar-refractivity contribution in [1.82, 2.24) is 14.8 Å². The molecule has 2 fully saturated rings. The molecule has 116 valence electrons.